The van der Waals surface area contributed by atoms with Crippen LogP contribution < -0.4 is 0 Å². The van der Waals surface area contributed by atoms with Gasteiger partial charge in [-0.15, -0.1) is 11.8 Å². The Kier molecular flexibility index (Phi) is 4.86. The maximum atomic E-state index is 13.2. The van der Waals surface area contributed by atoms with Crippen molar-refractivity contribution in [2.45, 2.75) is 28.3 Å². The molecule has 3 rings (SSSR count). The van der Waals surface area contributed by atoms with Gasteiger partial charge in [-0.1, -0.05) is 18.2 Å². The van der Waals surface area contributed by atoms with Gasteiger partial charge in [-0.2, -0.15) is 5.10 Å². The van der Waals surface area contributed by atoms with E-state index in [4.69, 9.17) is 0 Å². The molecule has 2 heterocycles. The minimum absolute atomic E-state index is 0.176. The van der Waals surface area contributed by atoms with Crippen LogP contribution >= 0.6 is 11.8 Å². The second-order valence-electron chi connectivity index (χ2n) is 6.02. The molecule has 0 amide bonds. The lowest BCUT2D eigenvalue weighted by Gasteiger charge is -2.12. The van der Waals surface area contributed by atoms with E-state index >= 15 is 0 Å². The number of benzene rings is 1. The lowest BCUT2D eigenvalue weighted by atomic mass is 10.3. The van der Waals surface area contributed by atoms with E-state index in [1.165, 1.54) is 11.8 Å². The molecule has 0 saturated heterocycles. The van der Waals surface area contributed by atoms with Crippen molar-refractivity contribution in [1.82, 2.24) is 19.5 Å². The van der Waals surface area contributed by atoms with E-state index in [0.29, 0.717) is 17.2 Å². The highest BCUT2D eigenvalue weighted by atomic mass is 32.2. The number of aromatic nitrogens is 3. The van der Waals surface area contributed by atoms with Crippen LogP contribution in [0.5, 0.6) is 0 Å². The highest BCUT2D eigenvalue weighted by Crippen LogP contribution is 2.32. The predicted octanol–water partition coefficient (Wildman–Crippen LogP) is 2.65. The Morgan fingerprint density at radius 1 is 1.20 bits per heavy atom. The van der Waals surface area contributed by atoms with Gasteiger partial charge < -0.3 is 4.90 Å². The molecule has 0 atom stereocenters. The Hall–Kier alpha value is -1.90. The summed E-state index contributed by atoms with van der Waals surface area (Å²) in [6, 6.07) is 10.4. The molecule has 0 bridgehead atoms. The molecule has 0 unspecified atom stereocenters. The van der Waals surface area contributed by atoms with Gasteiger partial charge in [0.2, 0.25) is 9.84 Å². The quantitative estimate of drug-likeness (QED) is 0.638. The van der Waals surface area contributed by atoms with Crippen molar-refractivity contribution in [1.29, 1.82) is 0 Å². The van der Waals surface area contributed by atoms with Gasteiger partial charge in [0.15, 0.2) is 10.5 Å². The number of sulfone groups is 1. The van der Waals surface area contributed by atoms with Crippen LogP contribution in [0, 0.1) is 6.92 Å². The summed E-state index contributed by atoms with van der Waals surface area (Å²) in [5, 5.41) is 4.99. The summed E-state index contributed by atoms with van der Waals surface area (Å²) in [4.78, 5) is 6.93. The van der Waals surface area contributed by atoms with Crippen molar-refractivity contribution in [2.75, 3.05) is 20.4 Å². The Morgan fingerprint density at radius 2 is 1.88 bits per heavy atom. The van der Waals surface area contributed by atoms with Crippen molar-refractivity contribution in [3.05, 3.63) is 47.8 Å². The van der Waals surface area contributed by atoms with E-state index in [-0.39, 0.29) is 9.79 Å². The number of rotatable bonds is 5. The summed E-state index contributed by atoms with van der Waals surface area (Å²) >= 11 is 1.31. The molecule has 0 spiro atoms. The number of hydrogen-bond acceptors (Lipinski definition) is 6. The zero-order valence-electron chi connectivity index (χ0n) is 14.6. The third-order valence-corrected chi connectivity index (χ3v) is 6.32. The molecule has 25 heavy (non-hydrogen) atoms. The number of nitrogens with zero attached hydrogens (tertiary/aromatic N) is 4. The first-order valence-corrected chi connectivity index (χ1v) is 10.4. The summed E-state index contributed by atoms with van der Waals surface area (Å²) in [6.07, 6.45) is 1.82. The Labute approximate surface area is 151 Å². The standard InChI is InChI=1S/C17H20N4O2S2/c1-12-10-13(11-20(2)3)21-16(18-12)15(17(19-21)24-4)25(22,23)14-8-6-5-7-9-14/h5-10H,11H2,1-4H3. The molecule has 0 radical (unpaired) electrons. The van der Waals surface area contributed by atoms with Crippen LogP contribution in [0.25, 0.3) is 5.65 Å². The number of hydrogen-bond donors (Lipinski definition) is 0. The van der Waals surface area contributed by atoms with Gasteiger partial charge in [-0.25, -0.2) is 17.9 Å². The monoisotopic (exact) mass is 376 g/mol. The Bertz CT molecular complexity index is 1010. The maximum absolute atomic E-state index is 13.2. The third-order valence-electron chi connectivity index (χ3n) is 3.71. The zero-order chi connectivity index (χ0) is 18.2. The highest BCUT2D eigenvalue weighted by Gasteiger charge is 2.29. The lowest BCUT2D eigenvalue weighted by Crippen LogP contribution is -2.15. The van der Waals surface area contributed by atoms with Crippen molar-refractivity contribution in [3.8, 4) is 0 Å². The largest absolute Gasteiger partial charge is 0.304 e. The maximum Gasteiger partial charge on any atom is 0.213 e. The molecule has 0 fully saturated rings. The average Bonchev–Trinajstić information content (AvgIpc) is 2.94. The van der Waals surface area contributed by atoms with Crippen molar-refractivity contribution >= 4 is 27.2 Å². The smallest absolute Gasteiger partial charge is 0.213 e. The van der Waals surface area contributed by atoms with Crippen LogP contribution in [0.15, 0.2) is 51.2 Å². The number of thioether (sulfide) groups is 1. The van der Waals surface area contributed by atoms with Crippen molar-refractivity contribution in [3.63, 3.8) is 0 Å². The van der Waals surface area contributed by atoms with Gasteiger partial charge in [0.25, 0.3) is 0 Å². The van der Waals surface area contributed by atoms with E-state index in [0.717, 1.165) is 11.4 Å². The van der Waals surface area contributed by atoms with Gasteiger partial charge in [0, 0.05) is 12.2 Å². The van der Waals surface area contributed by atoms with E-state index < -0.39 is 9.84 Å². The minimum atomic E-state index is -3.71. The van der Waals surface area contributed by atoms with Gasteiger partial charge in [0.05, 0.1) is 10.6 Å². The first-order valence-electron chi connectivity index (χ1n) is 7.72. The van der Waals surface area contributed by atoms with Gasteiger partial charge in [-0.05, 0) is 45.5 Å². The molecule has 0 N–H and O–H groups in total. The highest BCUT2D eigenvalue weighted by molar-refractivity contribution is 7.99. The fourth-order valence-electron chi connectivity index (χ4n) is 2.70. The lowest BCUT2D eigenvalue weighted by molar-refractivity contribution is 0.391. The van der Waals surface area contributed by atoms with E-state index in [1.807, 2.05) is 38.2 Å². The summed E-state index contributed by atoms with van der Waals surface area (Å²) in [6.45, 7) is 2.50. The summed E-state index contributed by atoms with van der Waals surface area (Å²) in [5.41, 5.74) is 2.05. The van der Waals surface area contributed by atoms with Crippen LogP contribution in [0.1, 0.15) is 11.4 Å². The second kappa shape index (κ2) is 6.78. The first kappa shape index (κ1) is 17.9. The molecule has 0 aliphatic rings. The Morgan fingerprint density at radius 3 is 2.48 bits per heavy atom. The molecule has 8 heteroatoms. The molecular formula is C17H20N4O2S2. The number of fused-ring (bicyclic) bond motifs is 1. The van der Waals surface area contributed by atoms with Crippen LogP contribution in [0.3, 0.4) is 0 Å². The van der Waals surface area contributed by atoms with Crippen LogP contribution in [0.4, 0.5) is 0 Å². The zero-order valence-corrected chi connectivity index (χ0v) is 16.2. The van der Waals surface area contributed by atoms with E-state index in [9.17, 15) is 8.42 Å². The Balaban J connectivity index is 2.34. The molecule has 3 aromatic rings. The molecule has 1 aromatic carbocycles. The topological polar surface area (TPSA) is 67.6 Å². The molecular weight excluding hydrogens is 356 g/mol. The summed E-state index contributed by atoms with van der Waals surface area (Å²) < 4.78 is 28.1. The van der Waals surface area contributed by atoms with E-state index in [2.05, 4.69) is 10.1 Å². The van der Waals surface area contributed by atoms with Crippen LogP contribution in [-0.2, 0) is 16.4 Å². The molecule has 0 saturated carbocycles. The summed E-state index contributed by atoms with van der Waals surface area (Å²) in [5.74, 6) is 0. The molecule has 2 aromatic heterocycles. The van der Waals surface area contributed by atoms with Gasteiger partial charge in [-0.3, -0.25) is 0 Å². The molecule has 0 aliphatic heterocycles. The number of aryl methyl sites for hydroxylation is 1. The normalized spacial score (nSPS) is 12.2. The molecule has 132 valence electrons. The van der Waals surface area contributed by atoms with Crippen molar-refractivity contribution < 1.29 is 8.42 Å². The summed E-state index contributed by atoms with van der Waals surface area (Å²) in [7, 11) is 0.214. The first-order chi connectivity index (χ1) is 11.8. The fraction of sp³-hybridized carbons (Fsp3) is 0.294. The second-order valence-corrected chi connectivity index (χ2v) is 8.70. The predicted molar refractivity (Wildman–Crippen MR) is 98.8 cm³/mol. The minimum Gasteiger partial charge on any atom is -0.304 e. The average molecular weight is 377 g/mol. The third kappa shape index (κ3) is 3.29. The molecule has 0 aliphatic carbocycles. The van der Waals surface area contributed by atoms with Gasteiger partial charge >= 0.3 is 0 Å². The van der Waals surface area contributed by atoms with Crippen LogP contribution in [0.2, 0.25) is 0 Å². The van der Waals surface area contributed by atoms with Crippen molar-refractivity contribution in [2.24, 2.45) is 0 Å². The van der Waals surface area contributed by atoms with Crippen LogP contribution in [-0.4, -0.2) is 48.3 Å². The molecule has 6 nitrogen and oxygen atoms in total. The SMILES string of the molecule is CSc1nn2c(CN(C)C)cc(C)nc2c1S(=O)(=O)c1ccccc1. The van der Waals surface area contributed by atoms with E-state index in [1.54, 1.807) is 34.8 Å². The van der Waals surface area contributed by atoms with Gasteiger partial charge in [0.1, 0.15) is 5.03 Å². The fourth-order valence-corrected chi connectivity index (χ4v) is 5.11.